The van der Waals surface area contributed by atoms with Crippen LogP contribution in [0.15, 0.2) is 18.2 Å². The summed E-state index contributed by atoms with van der Waals surface area (Å²) in [4.78, 5) is 29.6. The molecule has 136 valence electrons. The summed E-state index contributed by atoms with van der Waals surface area (Å²) < 4.78 is 5.31. The number of benzene rings is 1. The third-order valence-corrected chi connectivity index (χ3v) is 5.36. The Balaban J connectivity index is 1.67. The molecule has 0 aromatic heterocycles. The summed E-state index contributed by atoms with van der Waals surface area (Å²) in [5.41, 5.74) is 0.508. The van der Waals surface area contributed by atoms with E-state index in [1.807, 2.05) is 4.90 Å². The van der Waals surface area contributed by atoms with Crippen molar-refractivity contribution in [3.8, 4) is 5.75 Å². The molecule has 1 aromatic carbocycles. The second-order valence-corrected chi connectivity index (χ2v) is 7.31. The van der Waals surface area contributed by atoms with E-state index in [-0.39, 0.29) is 17.6 Å². The molecule has 2 aliphatic rings. The van der Waals surface area contributed by atoms with Crippen molar-refractivity contribution in [2.24, 2.45) is 5.92 Å². The van der Waals surface area contributed by atoms with E-state index in [2.05, 4.69) is 4.90 Å². The predicted molar refractivity (Wildman–Crippen MR) is 97.3 cm³/mol. The first-order valence-electron chi connectivity index (χ1n) is 8.96. The van der Waals surface area contributed by atoms with Crippen LogP contribution in [0.5, 0.6) is 5.75 Å². The fourth-order valence-electron chi connectivity index (χ4n) is 3.74. The second-order valence-electron chi connectivity index (χ2n) is 6.87. The van der Waals surface area contributed by atoms with Gasteiger partial charge < -0.3 is 9.64 Å². The number of hydrogen-bond acceptors (Lipinski definition) is 4. The van der Waals surface area contributed by atoms with Crippen LogP contribution in [-0.4, -0.2) is 61.3 Å². The van der Waals surface area contributed by atoms with E-state index < -0.39 is 0 Å². The number of amides is 1. The molecule has 0 spiro atoms. The monoisotopic (exact) mass is 364 g/mol. The molecule has 0 saturated carbocycles. The molecule has 2 aliphatic heterocycles. The van der Waals surface area contributed by atoms with Gasteiger partial charge in [-0.3, -0.25) is 14.5 Å². The van der Waals surface area contributed by atoms with Crippen LogP contribution in [-0.2, 0) is 4.79 Å². The third kappa shape index (κ3) is 4.33. The van der Waals surface area contributed by atoms with Gasteiger partial charge in [0.15, 0.2) is 5.78 Å². The summed E-state index contributed by atoms with van der Waals surface area (Å²) in [6, 6.07) is 5.09. The van der Waals surface area contributed by atoms with Crippen LogP contribution in [0.1, 0.15) is 36.0 Å². The number of Topliss-reactive ketones (excluding diaryl/α,β-unsaturated/α-hetero) is 1. The molecular formula is C19H25ClN2O3. The summed E-state index contributed by atoms with van der Waals surface area (Å²) in [5, 5.41) is 0.516. The van der Waals surface area contributed by atoms with E-state index in [0.29, 0.717) is 29.4 Å². The van der Waals surface area contributed by atoms with Gasteiger partial charge >= 0.3 is 0 Å². The Kier molecular flexibility index (Phi) is 5.97. The minimum Gasteiger partial charge on any atom is -0.496 e. The van der Waals surface area contributed by atoms with E-state index in [1.54, 1.807) is 25.3 Å². The van der Waals surface area contributed by atoms with Crippen LogP contribution in [0.3, 0.4) is 0 Å². The Bertz CT molecular complexity index is 644. The molecule has 0 N–H and O–H groups in total. The largest absolute Gasteiger partial charge is 0.496 e. The average Bonchev–Trinajstić information content (AvgIpc) is 3.14. The van der Waals surface area contributed by atoms with Crippen LogP contribution < -0.4 is 4.74 Å². The minimum absolute atomic E-state index is 0.0121. The van der Waals surface area contributed by atoms with Gasteiger partial charge in [0.25, 0.3) is 0 Å². The first-order chi connectivity index (χ1) is 12.1. The molecule has 3 rings (SSSR count). The SMILES string of the molecule is COc1ccc(Cl)cc1C(=O)C1CCCN(C(=O)CN2CCCC2)C1. The molecule has 25 heavy (non-hydrogen) atoms. The molecule has 1 atom stereocenters. The van der Waals surface area contributed by atoms with Gasteiger partial charge in [-0.05, 0) is 57.0 Å². The fourth-order valence-corrected chi connectivity index (χ4v) is 3.91. The Morgan fingerprint density at radius 1 is 1.20 bits per heavy atom. The normalized spacial score (nSPS) is 21.4. The molecule has 1 aromatic rings. The highest BCUT2D eigenvalue weighted by Gasteiger charge is 2.31. The Morgan fingerprint density at radius 2 is 1.96 bits per heavy atom. The van der Waals surface area contributed by atoms with Crippen LogP contribution >= 0.6 is 11.6 Å². The van der Waals surface area contributed by atoms with Crippen molar-refractivity contribution in [2.45, 2.75) is 25.7 Å². The zero-order chi connectivity index (χ0) is 17.8. The number of carbonyl (C=O) groups excluding carboxylic acids is 2. The zero-order valence-corrected chi connectivity index (χ0v) is 15.4. The molecule has 2 fully saturated rings. The van der Waals surface area contributed by atoms with Crippen LogP contribution in [0.2, 0.25) is 5.02 Å². The first kappa shape index (κ1) is 18.2. The van der Waals surface area contributed by atoms with E-state index >= 15 is 0 Å². The molecule has 2 heterocycles. The topological polar surface area (TPSA) is 49.9 Å². The maximum atomic E-state index is 13.0. The Morgan fingerprint density at radius 3 is 2.68 bits per heavy atom. The van der Waals surface area contributed by atoms with Crippen molar-refractivity contribution in [3.63, 3.8) is 0 Å². The second kappa shape index (κ2) is 8.19. The predicted octanol–water partition coefficient (Wildman–Crippen LogP) is 2.87. The Labute approximate surface area is 153 Å². The number of rotatable bonds is 5. The molecular weight excluding hydrogens is 340 g/mol. The summed E-state index contributed by atoms with van der Waals surface area (Å²) in [7, 11) is 1.55. The minimum atomic E-state index is -0.191. The number of halogens is 1. The number of hydrogen-bond donors (Lipinski definition) is 0. The van der Waals surface area contributed by atoms with E-state index in [0.717, 1.165) is 32.5 Å². The molecule has 2 saturated heterocycles. The lowest BCUT2D eigenvalue weighted by atomic mass is 9.89. The van der Waals surface area contributed by atoms with Gasteiger partial charge in [0, 0.05) is 24.0 Å². The molecule has 5 nitrogen and oxygen atoms in total. The highest BCUT2D eigenvalue weighted by molar-refractivity contribution is 6.31. The van der Waals surface area contributed by atoms with Gasteiger partial charge in [0.1, 0.15) is 5.75 Å². The fraction of sp³-hybridized carbons (Fsp3) is 0.579. The molecule has 1 amide bonds. The van der Waals surface area contributed by atoms with Crippen molar-refractivity contribution < 1.29 is 14.3 Å². The number of nitrogens with zero attached hydrogens (tertiary/aromatic N) is 2. The van der Waals surface area contributed by atoms with Crippen molar-refractivity contribution >= 4 is 23.3 Å². The third-order valence-electron chi connectivity index (χ3n) is 5.13. The quantitative estimate of drug-likeness (QED) is 0.754. The highest BCUT2D eigenvalue weighted by atomic mass is 35.5. The molecule has 0 aliphatic carbocycles. The first-order valence-corrected chi connectivity index (χ1v) is 9.34. The smallest absolute Gasteiger partial charge is 0.236 e. The number of ether oxygens (including phenoxy) is 1. The summed E-state index contributed by atoms with van der Waals surface area (Å²) in [6.07, 6.45) is 3.99. The lowest BCUT2D eigenvalue weighted by Crippen LogP contribution is -2.46. The van der Waals surface area contributed by atoms with Crippen molar-refractivity contribution in [1.29, 1.82) is 0 Å². The average molecular weight is 365 g/mol. The lowest BCUT2D eigenvalue weighted by Gasteiger charge is -2.33. The number of carbonyl (C=O) groups is 2. The van der Waals surface area contributed by atoms with E-state index in [9.17, 15) is 9.59 Å². The number of likely N-dealkylation sites (tertiary alicyclic amines) is 2. The zero-order valence-electron chi connectivity index (χ0n) is 14.7. The van der Waals surface area contributed by atoms with Crippen LogP contribution in [0.4, 0.5) is 0 Å². The van der Waals surface area contributed by atoms with Gasteiger partial charge in [-0.2, -0.15) is 0 Å². The highest BCUT2D eigenvalue weighted by Crippen LogP contribution is 2.28. The number of ketones is 1. The van der Waals surface area contributed by atoms with Gasteiger partial charge in [-0.15, -0.1) is 0 Å². The summed E-state index contributed by atoms with van der Waals surface area (Å²) >= 11 is 6.05. The summed E-state index contributed by atoms with van der Waals surface area (Å²) in [5.74, 6) is 0.494. The standard InChI is InChI=1S/C19H25ClN2O3/c1-25-17-7-6-15(20)11-16(17)19(24)14-5-4-10-22(12-14)18(23)13-21-8-2-3-9-21/h6-7,11,14H,2-5,8-10,12-13H2,1H3. The van der Waals surface area contributed by atoms with E-state index in [4.69, 9.17) is 16.3 Å². The summed E-state index contributed by atoms with van der Waals surface area (Å²) in [6.45, 7) is 3.70. The van der Waals surface area contributed by atoms with Crippen molar-refractivity contribution in [2.75, 3.05) is 39.8 Å². The number of piperidine rings is 1. The maximum Gasteiger partial charge on any atom is 0.236 e. The Hall–Kier alpha value is -1.59. The van der Waals surface area contributed by atoms with Gasteiger partial charge in [-0.25, -0.2) is 0 Å². The number of methoxy groups -OCH3 is 1. The van der Waals surface area contributed by atoms with Crippen molar-refractivity contribution in [3.05, 3.63) is 28.8 Å². The lowest BCUT2D eigenvalue weighted by molar-refractivity contribution is -0.133. The van der Waals surface area contributed by atoms with Gasteiger partial charge in [-0.1, -0.05) is 11.6 Å². The molecule has 0 radical (unpaired) electrons. The van der Waals surface area contributed by atoms with E-state index in [1.165, 1.54) is 12.8 Å². The maximum absolute atomic E-state index is 13.0. The molecule has 6 heteroatoms. The molecule has 0 bridgehead atoms. The van der Waals surface area contributed by atoms with Crippen molar-refractivity contribution in [1.82, 2.24) is 9.80 Å². The van der Waals surface area contributed by atoms with Gasteiger partial charge in [0.2, 0.25) is 5.91 Å². The van der Waals surface area contributed by atoms with Crippen LogP contribution in [0.25, 0.3) is 0 Å². The molecule has 1 unspecified atom stereocenters. The van der Waals surface area contributed by atoms with Crippen LogP contribution in [0, 0.1) is 5.92 Å². The van der Waals surface area contributed by atoms with Gasteiger partial charge in [0.05, 0.1) is 19.2 Å².